The SMILES string of the molecule is CCc1ccc2[nH]c(=O)c([C@H](c3nnnn3C3CCCC3)N(Cc3ccco3)C[C@H]3CCCO3)cc2c1. The van der Waals surface area contributed by atoms with Crippen molar-refractivity contribution in [3.05, 3.63) is 75.7 Å². The number of ether oxygens (including phenoxy) is 1. The Morgan fingerprint density at radius 1 is 1.16 bits per heavy atom. The summed E-state index contributed by atoms with van der Waals surface area (Å²) in [6.45, 7) is 4.07. The van der Waals surface area contributed by atoms with Crippen LogP contribution < -0.4 is 5.56 Å². The van der Waals surface area contributed by atoms with Gasteiger partial charge in [-0.25, -0.2) is 4.68 Å². The Hall–Kier alpha value is -3.30. The van der Waals surface area contributed by atoms with E-state index in [9.17, 15) is 4.79 Å². The summed E-state index contributed by atoms with van der Waals surface area (Å²) in [5.41, 5.74) is 2.57. The summed E-state index contributed by atoms with van der Waals surface area (Å²) in [5, 5.41) is 14.1. The van der Waals surface area contributed by atoms with Gasteiger partial charge >= 0.3 is 0 Å². The van der Waals surface area contributed by atoms with E-state index in [0.29, 0.717) is 24.5 Å². The van der Waals surface area contributed by atoms with E-state index in [-0.39, 0.29) is 17.7 Å². The molecule has 1 aromatic carbocycles. The number of hydrogen-bond acceptors (Lipinski definition) is 7. The van der Waals surface area contributed by atoms with Crippen LogP contribution in [0.5, 0.6) is 0 Å². The third kappa shape index (κ3) is 4.98. The summed E-state index contributed by atoms with van der Waals surface area (Å²) >= 11 is 0. The Morgan fingerprint density at radius 3 is 2.81 bits per heavy atom. The number of hydrogen-bond donors (Lipinski definition) is 1. The zero-order valence-electron chi connectivity index (χ0n) is 21.3. The predicted molar refractivity (Wildman–Crippen MR) is 139 cm³/mol. The fraction of sp³-hybridized carbons (Fsp3) is 0.500. The first kappa shape index (κ1) is 24.1. The van der Waals surface area contributed by atoms with Crippen molar-refractivity contribution in [3.63, 3.8) is 0 Å². The number of nitrogens with one attached hydrogen (secondary N) is 1. The minimum absolute atomic E-state index is 0.0829. The minimum atomic E-state index is -0.455. The van der Waals surface area contributed by atoms with Crippen LogP contribution >= 0.6 is 0 Å². The predicted octanol–water partition coefficient (Wildman–Crippen LogP) is 4.56. The quantitative estimate of drug-likeness (QED) is 0.358. The molecule has 2 atom stereocenters. The number of fused-ring (bicyclic) bond motifs is 1. The molecule has 0 unspecified atom stereocenters. The Balaban J connectivity index is 1.50. The number of furan rings is 1. The van der Waals surface area contributed by atoms with E-state index in [1.807, 2.05) is 28.9 Å². The average Bonchev–Trinajstić information content (AvgIpc) is 3.73. The fourth-order valence-corrected chi connectivity index (χ4v) is 5.90. The second-order valence-electron chi connectivity index (χ2n) is 10.3. The fourth-order valence-electron chi connectivity index (χ4n) is 5.90. The van der Waals surface area contributed by atoms with Crippen LogP contribution in [0.1, 0.15) is 80.2 Å². The van der Waals surface area contributed by atoms with Crippen molar-refractivity contribution in [3.8, 4) is 0 Å². The van der Waals surface area contributed by atoms with Gasteiger partial charge in [0, 0.05) is 24.2 Å². The zero-order chi connectivity index (χ0) is 25.2. The van der Waals surface area contributed by atoms with Gasteiger partial charge in [0.1, 0.15) is 11.8 Å². The van der Waals surface area contributed by atoms with E-state index in [1.54, 1.807) is 6.26 Å². The smallest absolute Gasteiger partial charge is 0.253 e. The number of aryl methyl sites for hydroxylation is 1. The van der Waals surface area contributed by atoms with Gasteiger partial charge < -0.3 is 14.1 Å². The van der Waals surface area contributed by atoms with Crippen LogP contribution in [-0.4, -0.2) is 49.3 Å². The van der Waals surface area contributed by atoms with Gasteiger partial charge in [-0.15, -0.1) is 5.10 Å². The Morgan fingerprint density at radius 2 is 2.05 bits per heavy atom. The maximum absolute atomic E-state index is 13.7. The first-order chi connectivity index (χ1) is 18.2. The molecular formula is C28H34N6O3. The van der Waals surface area contributed by atoms with Gasteiger partial charge in [-0.05, 0) is 83.8 Å². The van der Waals surface area contributed by atoms with E-state index in [0.717, 1.165) is 68.2 Å². The van der Waals surface area contributed by atoms with E-state index >= 15 is 0 Å². The first-order valence-corrected chi connectivity index (χ1v) is 13.5. The van der Waals surface area contributed by atoms with Crippen LogP contribution in [0.4, 0.5) is 0 Å². The first-order valence-electron chi connectivity index (χ1n) is 13.5. The highest BCUT2D eigenvalue weighted by molar-refractivity contribution is 5.80. The van der Waals surface area contributed by atoms with Gasteiger partial charge in [0.15, 0.2) is 5.82 Å². The van der Waals surface area contributed by atoms with E-state index in [4.69, 9.17) is 9.15 Å². The van der Waals surface area contributed by atoms with Crippen molar-refractivity contribution in [2.45, 2.75) is 76.6 Å². The summed E-state index contributed by atoms with van der Waals surface area (Å²) in [5.74, 6) is 1.53. The molecule has 1 saturated heterocycles. The molecule has 3 aromatic heterocycles. The molecule has 194 valence electrons. The summed E-state index contributed by atoms with van der Waals surface area (Å²) in [4.78, 5) is 19.1. The second kappa shape index (κ2) is 10.6. The molecule has 6 rings (SSSR count). The molecule has 1 aliphatic heterocycles. The number of aromatic amines is 1. The van der Waals surface area contributed by atoms with Crippen molar-refractivity contribution in [2.24, 2.45) is 0 Å². The van der Waals surface area contributed by atoms with Crippen molar-refractivity contribution >= 4 is 10.9 Å². The van der Waals surface area contributed by atoms with Crippen LogP contribution in [0.3, 0.4) is 0 Å². The van der Waals surface area contributed by atoms with Crippen LogP contribution in [0.25, 0.3) is 10.9 Å². The second-order valence-corrected chi connectivity index (χ2v) is 10.3. The lowest BCUT2D eigenvalue weighted by molar-refractivity contribution is 0.0541. The molecule has 2 fully saturated rings. The standard InChI is InChI=1S/C28H34N6O3/c1-2-19-11-12-25-20(15-19)16-24(28(35)29-25)26(27-30-31-32-34(27)21-7-3-4-8-21)33(17-22-9-5-13-36-22)18-23-10-6-14-37-23/h5,9,11-13,15-16,21,23,26H,2-4,6-8,10,14,17-18H2,1H3,(H,29,35)/t23-,26-/m1/s1. The van der Waals surface area contributed by atoms with Gasteiger partial charge in [0.05, 0.1) is 25.0 Å². The molecule has 9 heteroatoms. The number of pyridine rings is 1. The maximum Gasteiger partial charge on any atom is 0.253 e. The monoisotopic (exact) mass is 502 g/mol. The largest absolute Gasteiger partial charge is 0.468 e. The molecular weight excluding hydrogens is 468 g/mol. The highest BCUT2D eigenvalue weighted by Gasteiger charge is 2.35. The third-order valence-corrected chi connectivity index (χ3v) is 7.84. The third-order valence-electron chi connectivity index (χ3n) is 7.84. The Bertz CT molecular complexity index is 1380. The number of rotatable bonds is 9. The van der Waals surface area contributed by atoms with Crippen molar-refractivity contribution in [1.29, 1.82) is 0 Å². The van der Waals surface area contributed by atoms with Gasteiger partial charge in [-0.1, -0.05) is 25.8 Å². The molecule has 9 nitrogen and oxygen atoms in total. The molecule has 0 bridgehead atoms. The lowest BCUT2D eigenvalue weighted by Crippen LogP contribution is -2.39. The Labute approximate surface area is 215 Å². The zero-order valence-corrected chi connectivity index (χ0v) is 21.3. The highest BCUT2D eigenvalue weighted by atomic mass is 16.5. The lowest BCUT2D eigenvalue weighted by atomic mass is 10.0. The molecule has 0 radical (unpaired) electrons. The highest BCUT2D eigenvalue weighted by Crippen LogP contribution is 2.35. The minimum Gasteiger partial charge on any atom is -0.468 e. The number of benzene rings is 1. The van der Waals surface area contributed by atoms with Crippen LogP contribution in [-0.2, 0) is 17.7 Å². The molecule has 1 saturated carbocycles. The number of H-pyrrole nitrogens is 1. The van der Waals surface area contributed by atoms with Crippen LogP contribution in [0.15, 0.2) is 51.9 Å². The summed E-state index contributed by atoms with van der Waals surface area (Å²) in [7, 11) is 0. The number of tetrazole rings is 1. The van der Waals surface area contributed by atoms with E-state index in [1.165, 1.54) is 5.56 Å². The normalized spacial score (nSPS) is 19.4. The Kier molecular flexibility index (Phi) is 6.89. The average molecular weight is 503 g/mol. The molecule has 1 aliphatic carbocycles. The summed E-state index contributed by atoms with van der Waals surface area (Å²) in [6, 6.07) is 11.9. The molecule has 0 amide bonds. The van der Waals surface area contributed by atoms with Gasteiger partial charge in [0.2, 0.25) is 0 Å². The van der Waals surface area contributed by atoms with Crippen LogP contribution in [0, 0.1) is 0 Å². The van der Waals surface area contributed by atoms with E-state index < -0.39 is 6.04 Å². The summed E-state index contributed by atoms with van der Waals surface area (Å²) < 4.78 is 13.8. The molecule has 37 heavy (non-hydrogen) atoms. The van der Waals surface area contributed by atoms with Crippen molar-refractivity contribution in [2.75, 3.05) is 13.2 Å². The maximum atomic E-state index is 13.7. The van der Waals surface area contributed by atoms with Crippen molar-refractivity contribution in [1.82, 2.24) is 30.1 Å². The molecule has 0 spiro atoms. The topological polar surface area (TPSA) is 102 Å². The van der Waals surface area contributed by atoms with E-state index in [2.05, 4.69) is 44.5 Å². The molecule has 4 aromatic rings. The van der Waals surface area contributed by atoms with Gasteiger partial charge in [-0.3, -0.25) is 9.69 Å². The van der Waals surface area contributed by atoms with Gasteiger partial charge in [0.25, 0.3) is 5.56 Å². The summed E-state index contributed by atoms with van der Waals surface area (Å²) in [6.07, 6.45) is 9.14. The molecule has 1 N–H and O–H groups in total. The van der Waals surface area contributed by atoms with Crippen molar-refractivity contribution < 1.29 is 9.15 Å². The number of aromatic nitrogens is 5. The molecule has 2 aliphatic rings. The van der Waals surface area contributed by atoms with Crippen LogP contribution in [0.2, 0.25) is 0 Å². The molecule has 4 heterocycles. The van der Waals surface area contributed by atoms with Gasteiger partial charge in [-0.2, -0.15) is 0 Å². The lowest BCUT2D eigenvalue weighted by Gasteiger charge is -2.32. The number of nitrogens with zero attached hydrogens (tertiary/aromatic N) is 5.